The number of hydrogen-bond acceptors (Lipinski definition) is 4. The van der Waals surface area contributed by atoms with Crippen LogP contribution in [-0.2, 0) is 14.3 Å². The maximum absolute atomic E-state index is 11.7. The standard InChI is InChI=1S/C18H26O4/c1-14(20-2)21-13-12-18(19)22-17-10-8-16(9-11-17)15-6-4-3-5-7-15/h8-11,14-15H,3-7,12-13H2,1-2H3. The molecular weight excluding hydrogens is 280 g/mol. The van der Waals surface area contributed by atoms with Crippen LogP contribution < -0.4 is 4.74 Å². The van der Waals surface area contributed by atoms with Gasteiger partial charge in [-0.05, 0) is 43.4 Å². The molecule has 1 atom stereocenters. The maximum atomic E-state index is 11.7. The van der Waals surface area contributed by atoms with Gasteiger partial charge in [-0.25, -0.2) is 0 Å². The summed E-state index contributed by atoms with van der Waals surface area (Å²) in [5.74, 6) is 0.987. The fraction of sp³-hybridized carbons (Fsp3) is 0.611. The van der Waals surface area contributed by atoms with Crippen molar-refractivity contribution >= 4 is 5.97 Å². The van der Waals surface area contributed by atoms with Crippen LogP contribution in [0.1, 0.15) is 56.9 Å². The molecule has 0 heterocycles. The van der Waals surface area contributed by atoms with E-state index in [1.807, 2.05) is 12.1 Å². The molecule has 4 nitrogen and oxygen atoms in total. The molecule has 0 spiro atoms. The summed E-state index contributed by atoms with van der Waals surface area (Å²) in [6, 6.07) is 7.95. The van der Waals surface area contributed by atoms with Gasteiger partial charge in [-0.15, -0.1) is 0 Å². The van der Waals surface area contributed by atoms with Crippen LogP contribution in [0, 0.1) is 0 Å². The zero-order valence-electron chi connectivity index (χ0n) is 13.5. The maximum Gasteiger partial charge on any atom is 0.313 e. The van der Waals surface area contributed by atoms with Crippen molar-refractivity contribution in [2.45, 2.75) is 57.7 Å². The Kier molecular flexibility index (Phi) is 6.87. The molecule has 0 N–H and O–H groups in total. The van der Waals surface area contributed by atoms with Gasteiger partial charge in [0, 0.05) is 7.11 Å². The second-order valence-corrected chi connectivity index (χ2v) is 5.80. The minimum atomic E-state index is -0.303. The van der Waals surface area contributed by atoms with Crippen molar-refractivity contribution in [1.29, 1.82) is 0 Å². The molecule has 0 aromatic heterocycles. The monoisotopic (exact) mass is 306 g/mol. The summed E-state index contributed by atoms with van der Waals surface area (Å²) in [4.78, 5) is 11.7. The second kappa shape index (κ2) is 8.91. The Bertz CT molecular complexity index is 449. The van der Waals surface area contributed by atoms with Crippen molar-refractivity contribution in [2.24, 2.45) is 0 Å². The minimum Gasteiger partial charge on any atom is -0.426 e. The highest BCUT2D eigenvalue weighted by Gasteiger charge is 2.15. The molecular formula is C18H26O4. The quantitative estimate of drug-likeness (QED) is 0.433. The molecule has 0 aliphatic heterocycles. The summed E-state index contributed by atoms with van der Waals surface area (Å²) < 4.78 is 15.5. The van der Waals surface area contributed by atoms with E-state index in [0.29, 0.717) is 18.3 Å². The van der Waals surface area contributed by atoms with E-state index in [1.165, 1.54) is 37.7 Å². The molecule has 22 heavy (non-hydrogen) atoms. The molecule has 122 valence electrons. The number of esters is 1. The summed E-state index contributed by atoms with van der Waals surface area (Å²) in [6.45, 7) is 2.09. The molecule has 0 bridgehead atoms. The van der Waals surface area contributed by atoms with Crippen molar-refractivity contribution in [3.8, 4) is 5.75 Å². The van der Waals surface area contributed by atoms with Crippen LogP contribution in [0.2, 0.25) is 0 Å². The lowest BCUT2D eigenvalue weighted by Gasteiger charge is -2.22. The van der Waals surface area contributed by atoms with Crippen LogP contribution in [0.3, 0.4) is 0 Å². The lowest BCUT2D eigenvalue weighted by Crippen LogP contribution is -2.16. The van der Waals surface area contributed by atoms with Crippen LogP contribution in [0.25, 0.3) is 0 Å². The van der Waals surface area contributed by atoms with Gasteiger partial charge < -0.3 is 14.2 Å². The number of hydrogen-bond donors (Lipinski definition) is 0. The van der Waals surface area contributed by atoms with Crippen LogP contribution >= 0.6 is 0 Å². The SMILES string of the molecule is COC(C)OCCC(=O)Oc1ccc(C2CCCCC2)cc1. The molecule has 0 radical (unpaired) electrons. The molecule has 2 rings (SSSR count). The highest BCUT2D eigenvalue weighted by molar-refractivity contribution is 5.72. The first-order chi connectivity index (χ1) is 10.7. The topological polar surface area (TPSA) is 44.8 Å². The molecule has 1 aliphatic rings. The fourth-order valence-electron chi connectivity index (χ4n) is 2.80. The van der Waals surface area contributed by atoms with Crippen LogP contribution in [0.5, 0.6) is 5.75 Å². The minimum absolute atomic E-state index is 0.220. The Morgan fingerprint density at radius 2 is 1.86 bits per heavy atom. The van der Waals surface area contributed by atoms with Crippen molar-refractivity contribution in [2.75, 3.05) is 13.7 Å². The molecule has 1 saturated carbocycles. The lowest BCUT2D eigenvalue weighted by atomic mass is 9.84. The fourth-order valence-corrected chi connectivity index (χ4v) is 2.80. The zero-order valence-corrected chi connectivity index (χ0v) is 13.5. The van der Waals surface area contributed by atoms with Crippen molar-refractivity contribution in [3.05, 3.63) is 29.8 Å². The number of rotatable bonds is 7. The van der Waals surface area contributed by atoms with Gasteiger partial charge in [-0.2, -0.15) is 0 Å². The molecule has 1 aromatic carbocycles. The predicted molar refractivity (Wildman–Crippen MR) is 84.9 cm³/mol. The summed E-state index contributed by atoms with van der Waals surface area (Å²) in [6.07, 6.45) is 6.46. The Morgan fingerprint density at radius 3 is 2.50 bits per heavy atom. The molecule has 0 amide bonds. The Hall–Kier alpha value is -1.39. The lowest BCUT2D eigenvalue weighted by molar-refractivity contribution is -0.141. The van der Waals surface area contributed by atoms with E-state index in [4.69, 9.17) is 14.2 Å². The number of methoxy groups -OCH3 is 1. The van der Waals surface area contributed by atoms with Gasteiger partial charge in [0.25, 0.3) is 0 Å². The van der Waals surface area contributed by atoms with Crippen LogP contribution in [0.15, 0.2) is 24.3 Å². The van der Waals surface area contributed by atoms with Crippen molar-refractivity contribution < 1.29 is 19.0 Å². The molecule has 4 heteroatoms. The summed E-state index contributed by atoms with van der Waals surface area (Å²) in [7, 11) is 1.57. The molecule has 1 fully saturated rings. The van der Waals surface area contributed by atoms with Crippen molar-refractivity contribution in [3.63, 3.8) is 0 Å². The van der Waals surface area contributed by atoms with Crippen molar-refractivity contribution in [1.82, 2.24) is 0 Å². The van der Waals surface area contributed by atoms with E-state index >= 15 is 0 Å². The van der Waals surface area contributed by atoms with E-state index in [2.05, 4.69) is 12.1 Å². The van der Waals surface area contributed by atoms with Gasteiger partial charge in [-0.3, -0.25) is 4.79 Å². The van der Waals surface area contributed by atoms with E-state index in [0.717, 1.165) is 0 Å². The average Bonchev–Trinajstić information content (AvgIpc) is 2.56. The average molecular weight is 306 g/mol. The highest BCUT2D eigenvalue weighted by atomic mass is 16.7. The number of carbonyl (C=O) groups is 1. The highest BCUT2D eigenvalue weighted by Crippen LogP contribution is 2.33. The van der Waals surface area contributed by atoms with Crippen LogP contribution in [0.4, 0.5) is 0 Å². The Balaban J connectivity index is 1.76. The van der Waals surface area contributed by atoms with Gasteiger partial charge in [-0.1, -0.05) is 31.4 Å². The third-order valence-electron chi connectivity index (χ3n) is 4.18. The smallest absolute Gasteiger partial charge is 0.313 e. The van der Waals surface area contributed by atoms with E-state index in [9.17, 15) is 4.79 Å². The van der Waals surface area contributed by atoms with Gasteiger partial charge in [0.05, 0.1) is 13.0 Å². The number of benzene rings is 1. The normalized spacial score (nSPS) is 17.2. The van der Waals surface area contributed by atoms with Gasteiger partial charge >= 0.3 is 5.97 Å². The molecule has 1 aliphatic carbocycles. The summed E-state index contributed by atoms with van der Waals surface area (Å²) in [5, 5.41) is 0. The predicted octanol–water partition coefficient (Wildman–Crippen LogP) is 4.04. The van der Waals surface area contributed by atoms with E-state index in [1.54, 1.807) is 14.0 Å². The van der Waals surface area contributed by atoms with Crippen LogP contribution in [-0.4, -0.2) is 26.0 Å². The number of ether oxygens (including phenoxy) is 3. The third kappa shape index (κ3) is 5.43. The third-order valence-corrected chi connectivity index (χ3v) is 4.18. The van der Waals surface area contributed by atoms with Gasteiger partial charge in [0.2, 0.25) is 0 Å². The zero-order chi connectivity index (χ0) is 15.8. The van der Waals surface area contributed by atoms with E-state index < -0.39 is 0 Å². The Morgan fingerprint density at radius 1 is 1.18 bits per heavy atom. The van der Waals surface area contributed by atoms with Gasteiger partial charge in [0.1, 0.15) is 5.75 Å². The summed E-state index contributed by atoms with van der Waals surface area (Å²) >= 11 is 0. The second-order valence-electron chi connectivity index (χ2n) is 5.80. The molecule has 1 aromatic rings. The summed E-state index contributed by atoms with van der Waals surface area (Å²) in [5.41, 5.74) is 1.36. The Labute approximate surface area is 132 Å². The first kappa shape index (κ1) is 17.0. The van der Waals surface area contributed by atoms with E-state index in [-0.39, 0.29) is 18.7 Å². The largest absolute Gasteiger partial charge is 0.426 e. The first-order valence-electron chi connectivity index (χ1n) is 8.14. The van der Waals surface area contributed by atoms with Gasteiger partial charge in [0.15, 0.2) is 6.29 Å². The molecule has 1 unspecified atom stereocenters. The first-order valence-corrected chi connectivity index (χ1v) is 8.14. The number of carbonyl (C=O) groups excluding carboxylic acids is 1. The molecule has 0 saturated heterocycles.